The Morgan fingerprint density at radius 3 is 2.53 bits per heavy atom. The number of aromatic nitrogens is 5. The molecule has 0 saturated heterocycles. The number of pyridine rings is 1. The van der Waals surface area contributed by atoms with Gasteiger partial charge in [0.15, 0.2) is 27.0 Å². The molecule has 0 atom stereocenters. The largest absolute Gasteiger partial charge is 0.435 e. The zero-order chi connectivity index (χ0) is 21.8. The first-order chi connectivity index (χ1) is 14.0. The van der Waals surface area contributed by atoms with Crippen molar-refractivity contribution >= 4 is 31.8 Å². The molecule has 4 rings (SSSR count). The molecule has 0 amide bonds. The molecule has 0 bridgehead atoms. The Kier molecular flexibility index (Phi) is 4.53. The highest BCUT2D eigenvalue weighted by Crippen LogP contribution is 2.34. The molecule has 11 heteroatoms. The third-order valence-electron chi connectivity index (χ3n) is 4.81. The summed E-state index contributed by atoms with van der Waals surface area (Å²) in [5.74, 6) is -0.0782. The number of sulfone groups is 1. The normalized spacial score (nSPS) is 12.7. The highest BCUT2D eigenvalue weighted by molar-refractivity contribution is 7.91. The molecule has 0 unspecified atom stereocenters. The molecule has 0 radical (unpaired) electrons. The van der Waals surface area contributed by atoms with Crippen molar-refractivity contribution in [2.24, 2.45) is 7.05 Å². The number of halogens is 3. The van der Waals surface area contributed by atoms with Gasteiger partial charge < -0.3 is 4.57 Å². The van der Waals surface area contributed by atoms with Gasteiger partial charge in [0.1, 0.15) is 16.1 Å². The zero-order valence-electron chi connectivity index (χ0n) is 16.2. The number of aryl methyl sites for hydroxylation is 2. The Hall–Kier alpha value is -3.08. The van der Waals surface area contributed by atoms with Gasteiger partial charge in [-0.1, -0.05) is 24.6 Å². The van der Waals surface area contributed by atoms with Gasteiger partial charge in [-0.15, -0.1) is 10.2 Å². The average Bonchev–Trinajstić information content (AvgIpc) is 3.02. The molecule has 0 spiro atoms. The maximum absolute atomic E-state index is 13.0. The van der Waals surface area contributed by atoms with Gasteiger partial charge >= 0.3 is 6.18 Å². The van der Waals surface area contributed by atoms with Gasteiger partial charge in [0, 0.05) is 30.1 Å². The molecule has 3 aromatic heterocycles. The van der Waals surface area contributed by atoms with E-state index in [1.54, 1.807) is 12.1 Å². The second kappa shape index (κ2) is 6.73. The Morgan fingerprint density at radius 1 is 1.13 bits per heavy atom. The first-order valence-corrected chi connectivity index (χ1v) is 10.6. The van der Waals surface area contributed by atoms with Crippen molar-refractivity contribution in [2.45, 2.75) is 24.9 Å². The number of fused-ring (bicyclic) bond motifs is 2. The second-order valence-electron chi connectivity index (χ2n) is 6.86. The van der Waals surface area contributed by atoms with Crippen LogP contribution in [0.15, 0.2) is 35.4 Å². The predicted molar refractivity (Wildman–Crippen MR) is 105 cm³/mol. The van der Waals surface area contributed by atoms with Gasteiger partial charge in [0.25, 0.3) is 0 Å². The van der Waals surface area contributed by atoms with Crippen molar-refractivity contribution in [2.75, 3.05) is 5.75 Å². The number of benzene rings is 1. The van der Waals surface area contributed by atoms with Gasteiger partial charge in [-0.25, -0.2) is 13.4 Å². The molecule has 0 saturated carbocycles. The van der Waals surface area contributed by atoms with Crippen LogP contribution in [0.4, 0.5) is 13.2 Å². The van der Waals surface area contributed by atoms with Crippen LogP contribution in [-0.4, -0.2) is 38.9 Å². The van der Waals surface area contributed by atoms with Crippen molar-refractivity contribution in [1.82, 2.24) is 24.7 Å². The highest BCUT2D eigenvalue weighted by Gasteiger charge is 2.34. The van der Waals surface area contributed by atoms with Crippen LogP contribution < -0.4 is 0 Å². The molecule has 0 aliphatic heterocycles. The lowest BCUT2D eigenvalue weighted by atomic mass is 10.1. The molecule has 0 aliphatic rings. The Bertz CT molecular complexity index is 1410. The van der Waals surface area contributed by atoms with E-state index in [1.807, 2.05) is 13.0 Å². The summed E-state index contributed by atoms with van der Waals surface area (Å²) >= 11 is 0. The smallest absolute Gasteiger partial charge is 0.309 e. The van der Waals surface area contributed by atoms with Crippen LogP contribution >= 0.6 is 0 Å². The van der Waals surface area contributed by atoms with E-state index in [0.29, 0.717) is 10.8 Å². The molecular weight excluding hydrogens is 419 g/mol. The average molecular weight is 435 g/mol. The second-order valence-corrected chi connectivity index (χ2v) is 9.08. The lowest BCUT2D eigenvalue weighted by Crippen LogP contribution is -2.10. The first kappa shape index (κ1) is 20.2. The third kappa shape index (κ3) is 3.18. The number of rotatable bonds is 3. The minimum absolute atomic E-state index is 0.00592. The van der Waals surface area contributed by atoms with E-state index in [9.17, 15) is 21.6 Å². The summed E-state index contributed by atoms with van der Waals surface area (Å²) in [7, 11) is -2.21. The minimum Gasteiger partial charge on any atom is -0.309 e. The minimum atomic E-state index is -4.67. The molecule has 4 aromatic rings. The van der Waals surface area contributed by atoms with Crippen LogP contribution in [-0.2, 0) is 23.1 Å². The molecule has 156 valence electrons. The van der Waals surface area contributed by atoms with Crippen molar-refractivity contribution in [3.8, 4) is 11.5 Å². The molecule has 30 heavy (non-hydrogen) atoms. The number of imidazole rings is 1. The van der Waals surface area contributed by atoms with Crippen LogP contribution in [0.2, 0.25) is 0 Å². The van der Waals surface area contributed by atoms with E-state index in [1.165, 1.54) is 24.7 Å². The maximum atomic E-state index is 13.0. The molecule has 1 aromatic carbocycles. The lowest BCUT2D eigenvalue weighted by molar-refractivity contribution is -0.141. The molecule has 0 N–H and O–H groups in total. The van der Waals surface area contributed by atoms with Gasteiger partial charge in [-0.05, 0) is 13.0 Å². The quantitative estimate of drug-likeness (QED) is 0.487. The standard InChI is InChI=1S/C19H16F3N5O2S/c1-4-30(28,29)16-12-7-10(2)5-6-11(12)9-23-15(16)18-24-13-8-14(19(20,21)22)25-26-17(13)27(18)3/h5-9H,4H2,1-3H3. The fourth-order valence-electron chi connectivity index (χ4n) is 3.25. The van der Waals surface area contributed by atoms with E-state index < -0.39 is 21.7 Å². The van der Waals surface area contributed by atoms with Crippen molar-refractivity contribution in [3.63, 3.8) is 0 Å². The maximum Gasteiger partial charge on any atom is 0.435 e. The van der Waals surface area contributed by atoms with E-state index >= 15 is 0 Å². The van der Waals surface area contributed by atoms with Crippen LogP contribution in [0.25, 0.3) is 33.5 Å². The van der Waals surface area contributed by atoms with E-state index in [-0.39, 0.29) is 33.3 Å². The van der Waals surface area contributed by atoms with E-state index in [2.05, 4.69) is 20.2 Å². The number of nitrogens with zero attached hydrogens (tertiary/aromatic N) is 5. The summed E-state index contributed by atoms with van der Waals surface area (Å²) in [6.45, 7) is 3.36. The Morgan fingerprint density at radius 2 is 1.87 bits per heavy atom. The molecule has 0 fully saturated rings. The van der Waals surface area contributed by atoms with Gasteiger partial charge in [0.2, 0.25) is 0 Å². The molecule has 0 aliphatic carbocycles. The van der Waals surface area contributed by atoms with Crippen molar-refractivity contribution < 1.29 is 21.6 Å². The van der Waals surface area contributed by atoms with E-state index in [4.69, 9.17) is 0 Å². The van der Waals surface area contributed by atoms with E-state index in [0.717, 1.165) is 11.6 Å². The third-order valence-corrected chi connectivity index (χ3v) is 6.61. The topological polar surface area (TPSA) is 90.6 Å². The number of alkyl halides is 3. The number of hydrogen-bond acceptors (Lipinski definition) is 6. The molecule has 3 heterocycles. The summed E-state index contributed by atoms with van der Waals surface area (Å²) in [5.41, 5.74) is -0.227. The molecular formula is C19H16F3N5O2S. The Balaban J connectivity index is 2.08. The highest BCUT2D eigenvalue weighted by atomic mass is 32.2. The monoisotopic (exact) mass is 435 g/mol. The summed E-state index contributed by atoms with van der Waals surface area (Å²) < 4.78 is 66.3. The van der Waals surface area contributed by atoms with Gasteiger partial charge in [0.05, 0.1) is 5.75 Å². The van der Waals surface area contributed by atoms with Crippen molar-refractivity contribution in [3.05, 3.63) is 41.7 Å². The summed E-state index contributed by atoms with van der Waals surface area (Å²) in [4.78, 5) is 8.54. The lowest BCUT2D eigenvalue weighted by Gasteiger charge is -2.12. The number of hydrogen-bond donors (Lipinski definition) is 0. The fourth-order valence-corrected chi connectivity index (χ4v) is 4.49. The summed E-state index contributed by atoms with van der Waals surface area (Å²) in [6, 6.07) is 6.14. The summed E-state index contributed by atoms with van der Waals surface area (Å²) in [5, 5.41) is 7.97. The van der Waals surface area contributed by atoms with Gasteiger partial charge in [-0.2, -0.15) is 13.2 Å². The fraction of sp³-hybridized carbons (Fsp3) is 0.263. The van der Waals surface area contributed by atoms with Crippen LogP contribution in [0, 0.1) is 6.92 Å². The SMILES string of the molecule is CCS(=O)(=O)c1c(-c2nc3cc(C(F)(F)F)nnc3n2C)ncc2ccc(C)cc12. The van der Waals surface area contributed by atoms with Crippen molar-refractivity contribution in [1.29, 1.82) is 0 Å². The first-order valence-electron chi connectivity index (χ1n) is 8.92. The van der Waals surface area contributed by atoms with Crippen LogP contribution in [0.5, 0.6) is 0 Å². The van der Waals surface area contributed by atoms with Crippen LogP contribution in [0.1, 0.15) is 18.2 Å². The molecule has 7 nitrogen and oxygen atoms in total. The predicted octanol–water partition coefficient (Wildman–Crippen LogP) is 3.70. The zero-order valence-corrected chi connectivity index (χ0v) is 17.0. The Labute approximate surface area is 169 Å². The van der Waals surface area contributed by atoms with Crippen LogP contribution in [0.3, 0.4) is 0 Å². The summed E-state index contributed by atoms with van der Waals surface area (Å²) in [6.07, 6.45) is -3.15. The van der Waals surface area contributed by atoms with Gasteiger partial charge in [-0.3, -0.25) is 4.98 Å².